The van der Waals surface area contributed by atoms with Crippen molar-refractivity contribution < 1.29 is 0 Å². The Morgan fingerprint density at radius 1 is 1.55 bits per heavy atom. The summed E-state index contributed by atoms with van der Waals surface area (Å²) in [5, 5.41) is 8.71. The first-order chi connectivity index (χ1) is 5.16. The number of nitrogens with zero attached hydrogens (tertiary/aromatic N) is 2. The molecule has 1 fully saturated rings. The van der Waals surface area contributed by atoms with E-state index in [0.717, 1.165) is 12.5 Å². The predicted molar refractivity (Wildman–Crippen MR) is 45.0 cm³/mol. The zero-order chi connectivity index (χ0) is 8.43. The average Bonchev–Trinajstić information content (AvgIpc) is 2.32. The van der Waals surface area contributed by atoms with Crippen LogP contribution in [-0.4, -0.2) is 23.5 Å². The van der Waals surface area contributed by atoms with Crippen molar-refractivity contribution in [2.45, 2.75) is 39.3 Å². The SMILES string of the molecule is CC1CCN(C(C)C#N)C1C. The zero-order valence-electron chi connectivity index (χ0n) is 7.54. The fourth-order valence-electron chi connectivity index (χ4n) is 1.74. The van der Waals surface area contributed by atoms with E-state index in [1.165, 1.54) is 6.42 Å². The van der Waals surface area contributed by atoms with Gasteiger partial charge in [-0.1, -0.05) is 6.92 Å². The quantitative estimate of drug-likeness (QED) is 0.571. The van der Waals surface area contributed by atoms with Gasteiger partial charge in [0.2, 0.25) is 0 Å². The Hall–Kier alpha value is -0.550. The minimum Gasteiger partial charge on any atom is -0.285 e. The fourth-order valence-corrected chi connectivity index (χ4v) is 1.74. The Bertz CT molecular complexity index is 171. The maximum atomic E-state index is 8.71. The molecule has 2 nitrogen and oxygen atoms in total. The maximum absolute atomic E-state index is 8.71. The molecule has 62 valence electrons. The van der Waals surface area contributed by atoms with Crippen LogP contribution in [0.5, 0.6) is 0 Å². The van der Waals surface area contributed by atoms with Crippen molar-refractivity contribution in [2.75, 3.05) is 6.54 Å². The molecule has 0 saturated carbocycles. The first-order valence-corrected chi connectivity index (χ1v) is 4.32. The van der Waals surface area contributed by atoms with Crippen LogP contribution in [0.3, 0.4) is 0 Å². The van der Waals surface area contributed by atoms with E-state index in [2.05, 4.69) is 24.8 Å². The van der Waals surface area contributed by atoms with E-state index < -0.39 is 0 Å². The van der Waals surface area contributed by atoms with Gasteiger partial charge in [-0.2, -0.15) is 5.26 Å². The van der Waals surface area contributed by atoms with Gasteiger partial charge in [0.25, 0.3) is 0 Å². The molecule has 0 bridgehead atoms. The van der Waals surface area contributed by atoms with Crippen molar-refractivity contribution in [2.24, 2.45) is 5.92 Å². The molecule has 0 spiro atoms. The molecule has 1 rings (SSSR count). The molecule has 2 heteroatoms. The first-order valence-electron chi connectivity index (χ1n) is 4.32. The molecule has 0 aromatic carbocycles. The van der Waals surface area contributed by atoms with Crippen LogP contribution in [0.25, 0.3) is 0 Å². The van der Waals surface area contributed by atoms with E-state index >= 15 is 0 Å². The molecule has 0 aromatic heterocycles. The lowest BCUT2D eigenvalue weighted by Crippen LogP contribution is -2.36. The highest BCUT2D eigenvalue weighted by Gasteiger charge is 2.30. The second-order valence-corrected chi connectivity index (χ2v) is 3.55. The molecule has 0 N–H and O–H groups in total. The van der Waals surface area contributed by atoms with Gasteiger partial charge in [-0.05, 0) is 32.7 Å². The third kappa shape index (κ3) is 1.54. The van der Waals surface area contributed by atoms with Crippen LogP contribution in [-0.2, 0) is 0 Å². The van der Waals surface area contributed by atoms with Crippen LogP contribution in [0.15, 0.2) is 0 Å². The summed E-state index contributed by atoms with van der Waals surface area (Å²) in [6, 6.07) is 2.96. The van der Waals surface area contributed by atoms with E-state index in [9.17, 15) is 0 Å². The predicted octanol–water partition coefficient (Wildman–Crippen LogP) is 1.63. The monoisotopic (exact) mass is 152 g/mol. The number of hydrogen-bond acceptors (Lipinski definition) is 2. The van der Waals surface area contributed by atoms with Crippen LogP contribution in [0, 0.1) is 17.2 Å². The Balaban J connectivity index is 2.56. The molecular weight excluding hydrogens is 136 g/mol. The summed E-state index contributed by atoms with van der Waals surface area (Å²) >= 11 is 0. The van der Waals surface area contributed by atoms with Gasteiger partial charge in [-0.15, -0.1) is 0 Å². The minimum absolute atomic E-state index is 0.0925. The minimum atomic E-state index is 0.0925. The van der Waals surface area contributed by atoms with Crippen molar-refractivity contribution in [1.82, 2.24) is 4.90 Å². The molecular formula is C9H16N2. The van der Waals surface area contributed by atoms with E-state index in [1.807, 2.05) is 6.92 Å². The highest BCUT2D eigenvalue weighted by molar-refractivity contribution is 4.94. The lowest BCUT2D eigenvalue weighted by molar-refractivity contribution is 0.221. The van der Waals surface area contributed by atoms with Crippen molar-refractivity contribution >= 4 is 0 Å². The molecule has 1 aliphatic heterocycles. The van der Waals surface area contributed by atoms with Crippen LogP contribution in [0.4, 0.5) is 0 Å². The van der Waals surface area contributed by atoms with Gasteiger partial charge < -0.3 is 0 Å². The Labute approximate surface area is 68.8 Å². The second kappa shape index (κ2) is 3.23. The highest BCUT2D eigenvalue weighted by atomic mass is 15.2. The number of likely N-dealkylation sites (tertiary alicyclic amines) is 1. The third-order valence-electron chi connectivity index (χ3n) is 2.87. The maximum Gasteiger partial charge on any atom is 0.0951 e. The number of hydrogen-bond donors (Lipinski definition) is 0. The largest absolute Gasteiger partial charge is 0.285 e. The zero-order valence-corrected chi connectivity index (χ0v) is 7.54. The highest BCUT2D eigenvalue weighted by Crippen LogP contribution is 2.24. The van der Waals surface area contributed by atoms with Crippen molar-refractivity contribution in [1.29, 1.82) is 5.26 Å². The van der Waals surface area contributed by atoms with Gasteiger partial charge in [0, 0.05) is 6.04 Å². The summed E-state index contributed by atoms with van der Waals surface area (Å²) in [6.07, 6.45) is 1.24. The van der Waals surface area contributed by atoms with E-state index in [1.54, 1.807) is 0 Å². The Kier molecular flexibility index (Phi) is 2.51. The van der Waals surface area contributed by atoms with Crippen LogP contribution in [0.1, 0.15) is 27.2 Å². The molecule has 3 atom stereocenters. The molecule has 1 heterocycles. The second-order valence-electron chi connectivity index (χ2n) is 3.55. The van der Waals surface area contributed by atoms with Crippen LogP contribution >= 0.6 is 0 Å². The number of rotatable bonds is 1. The first kappa shape index (κ1) is 8.55. The van der Waals surface area contributed by atoms with E-state index in [0.29, 0.717) is 6.04 Å². The van der Waals surface area contributed by atoms with E-state index in [4.69, 9.17) is 5.26 Å². The van der Waals surface area contributed by atoms with Gasteiger partial charge in [0.1, 0.15) is 0 Å². The summed E-state index contributed by atoms with van der Waals surface area (Å²) in [7, 11) is 0. The molecule has 0 amide bonds. The van der Waals surface area contributed by atoms with Gasteiger partial charge in [0.05, 0.1) is 12.1 Å². The van der Waals surface area contributed by atoms with Crippen LogP contribution < -0.4 is 0 Å². The molecule has 0 radical (unpaired) electrons. The lowest BCUT2D eigenvalue weighted by atomic mass is 10.0. The van der Waals surface area contributed by atoms with Crippen molar-refractivity contribution in [3.63, 3.8) is 0 Å². The lowest BCUT2D eigenvalue weighted by Gasteiger charge is -2.24. The number of nitriles is 1. The standard InChI is InChI=1S/C9H16N2/c1-7-4-5-11(9(7)3)8(2)6-10/h7-9H,4-5H2,1-3H3. The molecule has 1 saturated heterocycles. The smallest absolute Gasteiger partial charge is 0.0951 e. The molecule has 1 aliphatic rings. The van der Waals surface area contributed by atoms with Crippen LogP contribution in [0.2, 0.25) is 0 Å². The summed E-state index contributed by atoms with van der Waals surface area (Å²) < 4.78 is 0. The third-order valence-corrected chi connectivity index (χ3v) is 2.87. The normalized spacial score (nSPS) is 35.1. The molecule has 11 heavy (non-hydrogen) atoms. The summed E-state index contributed by atoms with van der Waals surface area (Å²) in [5.74, 6) is 0.755. The van der Waals surface area contributed by atoms with Crippen molar-refractivity contribution in [3.8, 4) is 6.07 Å². The van der Waals surface area contributed by atoms with Gasteiger partial charge in [0.15, 0.2) is 0 Å². The van der Waals surface area contributed by atoms with Crippen molar-refractivity contribution in [3.05, 3.63) is 0 Å². The van der Waals surface area contributed by atoms with Gasteiger partial charge >= 0.3 is 0 Å². The molecule has 3 unspecified atom stereocenters. The Morgan fingerprint density at radius 2 is 2.18 bits per heavy atom. The van der Waals surface area contributed by atoms with E-state index in [-0.39, 0.29) is 6.04 Å². The average molecular weight is 152 g/mol. The summed E-state index contributed by atoms with van der Waals surface area (Å²) in [4.78, 5) is 2.28. The van der Waals surface area contributed by atoms with Gasteiger partial charge in [-0.3, -0.25) is 4.90 Å². The van der Waals surface area contributed by atoms with Gasteiger partial charge in [-0.25, -0.2) is 0 Å². The molecule has 0 aromatic rings. The Morgan fingerprint density at radius 3 is 2.55 bits per heavy atom. The summed E-state index contributed by atoms with van der Waals surface area (Å²) in [5.41, 5.74) is 0. The molecule has 0 aliphatic carbocycles. The fraction of sp³-hybridized carbons (Fsp3) is 0.889. The topological polar surface area (TPSA) is 27.0 Å². The summed E-state index contributed by atoms with van der Waals surface area (Å²) in [6.45, 7) is 7.55.